The lowest BCUT2D eigenvalue weighted by molar-refractivity contribution is -0.118. The van der Waals surface area contributed by atoms with Crippen LogP contribution in [0.5, 0.6) is 11.5 Å². The predicted molar refractivity (Wildman–Crippen MR) is 96.3 cm³/mol. The molecule has 1 amide bonds. The van der Waals surface area contributed by atoms with Gasteiger partial charge in [0.2, 0.25) is 11.0 Å². The Morgan fingerprint density at radius 2 is 1.92 bits per heavy atom. The van der Waals surface area contributed by atoms with Crippen LogP contribution in [0.4, 0.5) is 5.13 Å². The summed E-state index contributed by atoms with van der Waals surface area (Å²) in [6, 6.07) is 7.40. The van der Waals surface area contributed by atoms with Crippen molar-refractivity contribution in [2.24, 2.45) is 0 Å². The van der Waals surface area contributed by atoms with Gasteiger partial charge in [0, 0.05) is 7.05 Å². The zero-order chi connectivity index (χ0) is 17.2. The third-order valence-electron chi connectivity index (χ3n) is 2.77. The van der Waals surface area contributed by atoms with Gasteiger partial charge in [-0.05, 0) is 31.2 Å². The number of carbonyl (C=O) groups is 1. The number of nitrogens with one attached hydrogen (secondary N) is 2. The summed E-state index contributed by atoms with van der Waals surface area (Å²) in [5.41, 5.74) is 0. The van der Waals surface area contributed by atoms with Crippen molar-refractivity contribution in [2.75, 3.05) is 37.9 Å². The van der Waals surface area contributed by atoms with Crippen molar-refractivity contribution in [2.45, 2.75) is 11.3 Å². The molecule has 7 nitrogen and oxygen atoms in total. The standard InChI is InChI=1S/C15H20N4O3S2/c1-3-21-11-4-6-12(7-5-11)22-9-8-17-13(20)10-23-15-19-18-14(16-2)24-15/h4-7H,3,8-10H2,1-2H3,(H,16,18)(H,17,20). The van der Waals surface area contributed by atoms with Crippen LogP contribution >= 0.6 is 23.1 Å². The fourth-order valence-electron chi connectivity index (χ4n) is 1.71. The monoisotopic (exact) mass is 368 g/mol. The van der Waals surface area contributed by atoms with E-state index in [2.05, 4.69) is 20.8 Å². The molecule has 9 heteroatoms. The lowest BCUT2D eigenvalue weighted by atomic mass is 10.3. The minimum absolute atomic E-state index is 0.0588. The Morgan fingerprint density at radius 1 is 1.21 bits per heavy atom. The quantitative estimate of drug-likeness (QED) is 0.491. The summed E-state index contributed by atoms with van der Waals surface area (Å²) in [7, 11) is 1.78. The average molecular weight is 368 g/mol. The first-order valence-electron chi connectivity index (χ1n) is 7.47. The molecular weight excluding hydrogens is 348 g/mol. The molecule has 1 aromatic heterocycles. The van der Waals surface area contributed by atoms with Gasteiger partial charge in [-0.25, -0.2) is 0 Å². The number of ether oxygens (including phenoxy) is 2. The van der Waals surface area contributed by atoms with Crippen molar-refractivity contribution in [3.63, 3.8) is 0 Å². The van der Waals surface area contributed by atoms with Crippen LogP contribution < -0.4 is 20.1 Å². The highest BCUT2D eigenvalue weighted by Crippen LogP contribution is 2.24. The first-order valence-corrected chi connectivity index (χ1v) is 9.28. The molecule has 2 N–H and O–H groups in total. The van der Waals surface area contributed by atoms with E-state index in [9.17, 15) is 4.79 Å². The van der Waals surface area contributed by atoms with Gasteiger partial charge in [0.05, 0.1) is 18.9 Å². The molecule has 130 valence electrons. The van der Waals surface area contributed by atoms with Gasteiger partial charge in [0.15, 0.2) is 4.34 Å². The van der Waals surface area contributed by atoms with E-state index in [1.54, 1.807) is 7.05 Å². The minimum Gasteiger partial charge on any atom is -0.494 e. The molecular formula is C15H20N4O3S2. The van der Waals surface area contributed by atoms with Crippen LogP contribution in [0.15, 0.2) is 28.6 Å². The molecule has 0 aliphatic rings. The summed E-state index contributed by atoms with van der Waals surface area (Å²) < 4.78 is 11.7. The van der Waals surface area contributed by atoms with Crippen LogP contribution in [0.3, 0.4) is 0 Å². The number of carbonyl (C=O) groups excluding carboxylic acids is 1. The van der Waals surface area contributed by atoms with Gasteiger partial charge < -0.3 is 20.1 Å². The third-order valence-corrected chi connectivity index (χ3v) is 4.85. The second-order valence-electron chi connectivity index (χ2n) is 4.51. The number of thioether (sulfide) groups is 1. The Kier molecular flexibility index (Phi) is 7.63. The number of benzene rings is 1. The maximum atomic E-state index is 11.8. The summed E-state index contributed by atoms with van der Waals surface area (Å²) in [5, 5.41) is 14.3. The average Bonchev–Trinajstić information content (AvgIpc) is 3.07. The van der Waals surface area contributed by atoms with Gasteiger partial charge >= 0.3 is 0 Å². The highest BCUT2D eigenvalue weighted by atomic mass is 32.2. The number of nitrogens with zero attached hydrogens (tertiary/aromatic N) is 2. The van der Waals surface area contributed by atoms with E-state index < -0.39 is 0 Å². The van der Waals surface area contributed by atoms with Crippen molar-refractivity contribution in [3.05, 3.63) is 24.3 Å². The molecule has 1 aromatic carbocycles. The molecule has 0 saturated carbocycles. The van der Waals surface area contributed by atoms with Crippen LogP contribution in [0, 0.1) is 0 Å². The smallest absolute Gasteiger partial charge is 0.230 e. The van der Waals surface area contributed by atoms with E-state index in [0.29, 0.717) is 25.5 Å². The van der Waals surface area contributed by atoms with Crippen molar-refractivity contribution in [1.82, 2.24) is 15.5 Å². The molecule has 0 spiro atoms. The zero-order valence-electron chi connectivity index (χ0n) is 13.6. The number of rotatable bonds is 10. The summed E-state index contributed by atoms with van der Waals surface area (Å²) in [6.07, 6.45) is 0. The summed E-state index contributed by atoms with van der Waals surface area (Å²) >= 11 is 2.78. The summed E-state index contributed by atoms with van der Waals surface area (Å²) in [4.78, 5) is 11.8. The number of anilines is 1. The maximum absolute atomic E-state index is 11.8. The number of amides is 1. The molecule has 2 aromatic rings. The molecule has 2 rings (SSSR count). The molecule has 0 bridgehead atoms. The van der Waals surface area contributed by atoms with Crippen LogP contribution in [-0.4, -0.2) is 48.7 Å². The molecule has 0 radical (unpaired) electrons. The normalized spacial score (nSPS) is 10.2. The molecule has 1 heterocycles. The van der Waals surface area contributed by atoms with Gasteiger partial charge in [-0.1, -0.05) is 23.1 Å². The number of hydrogen-bond acceptors (Lipinski definition) is 8. The lowest BCUT2D eigenvalue weighted by Gasteiger charge is -2.08. The molecule has 0 saturated heterocycles. The highest BCUT2D eigenvalue weighted by Gasteiger charge is 2.07. The molecule has 0 unspecified atom stereocenters. The minimum atomic E-state index is -0.0588. The number of aromatic nitrogens is 2. The second kappa shape index (κ2) is 9.99. The third kappa shape index (κ3) is 6.25. The van der Waals surface area contributed by atoms with E-state index >= 15 is 0 Å². The van der Waals surface area contributed by atoms with Gasteiger partial charge in [-0.2, -0.15) is 0 Å². The van der Waals surface area contributed by atoms with E-state index in [0.717, 1.165) is 21.0 Å². The van der Waals surface area contributed by atoms with E-state index in [4.69, 9.17) is 9.47 Å². The Hall–Kier alpha value is -2.00. The van der Waals surface area contributed by atoms with Crippen LogP contribution in [-0.2, 0) is 4.79 Å². The molecule has 24 heavy (non-hydrogen) atoms. The largest absolute Gasteiger partial charge is 0.494 e. The van der Waals surface area contributed by atoms with Crippen molar-refractivity contribution in [3.8, 4) is 11.5 Å². The molecule has 0 aliphatic carbocycles. The second-order valence-corrected chi connectivity index (χ2v) is 6.71. The Morgan fingerprint density at radius 3 is 2.54 bits per heavy atom. The van der Waals surface area contributed by atoms with Crippen molar-refractivity contribution < 1.29 is 14.3 Å². The highest BCUT2D eigenvalue weighted by molar-refractivity contribution is 8.01. The summed E-state index contributed by atoms with van der Waals surface area (Å²) in [6.45, 7) is 3.44. The maximum Gasteiger partial charge on any atom is 0.230 e. The molecule has 0 fully saturated rings. The van der Waals surface area contributed by atoms with E-state index in [-0.39, 0.29) is 5.91 Å². The molecule has 0 atom stereocenters. The van der Waals surface area contributed by atoms with Gasteiger partial charge in [-0.3, -0.25) is 4.79 Å². The van der Waals surface area contributed by atoms with Crippen molar-refractivity contribution in [1.29, 1.82) is 0 Å². The lowest BCUT2D eigenvalue weighted by Crippen LogP contribution is -2.29. The van der Waals surface area contributed by atoms with E-state index in [1.807, 2.05) is 31.2 Å². The van der Waals surface area contributed by atoms with Crippen LogP contribution in [0.1, 0.15) is 6.92 Å². The predicted octanol–water partition coefficient (Wildman–Crippen LogP) is 2.27. The first kappa shape index (κ1) is 18.3. The van der Waals surface area contributed by atoms with Gasteiger partial charge in [0.1, 0.15) is 18.1 Å². The zero-order valence-corrected chi connectivity index (χ0v) is 15.2. The SMILES string of the molecule is CCOc1ccc(OCCNC(=O)CSc2nnc(NC)s2)cc1. The van der Waals surface area contributed by atoms with Crippen LogP contribution in [0.25, 0.3) is 0 Å². The summed E-state index contributed by atoms with van der Waals surface area (Å²) in [5.74, 6) is 1.81. The van der Waals surface area contributed by atoms with Gasteiger partial charge in [0.25, 0.3) is 0 Å². The molecule has 0 aliphatic heterocycles. The first-order chi connectivity index (χ1) is 11.7. The Labute approximate surface area is 149 Å². The Bertz CT molecular complexity index is 634. The van der Waals surface area contributed by atoms with E-state index in [1.165, 1.54) is 23.1 Å². The topological polar surface area (TPSA) is 85.4 Å². The van der Waals surface area contributed by atoms with Crippen molar-refractivity contribution >= 4 is 34.1 Å². The van der Waals surface area contributed by atoms with Crippen LogP contribution in [0.2, 0.25) is 0 Å². The fraction of sp³-hybridized carbons (Fsp3) is 0.400. The van der Waals surface area contributed by atoms with Gasteiger partial charge in [-0.15, -0.1) is 10.2 Å². The number of hydrogen-bond donors (Lipinski definition) is 2. The Balaban J connectivity index is 1.60. The fourth-order valence-corrected chi connectivity index (χ4v) is 3.24.